The van der Waals surface area contributed by atoms with E-state index in [0.29, 0.717) is 5.92 Å². The average Bonchev–Trinajstić information content (AvgIpc) is 3.27. The lowest BCUT2D eigenvalue weighted by atomic mass is 9.89. The van der Waals surface area contributed by atoms with E-state index in [2.05, 4.69) is 63.1 Å². The van der Waals surface area contributed by atoms with E-state index in [-0.39, 0.29) is 0 Å². The van der Waals surface area contributed by atoms with Gasteiger partial charge in [-0.05, 0) is 59.8 Å². The second kappa shape index (κ2) is 6.91. The molecule has 1 saturated heterocycles. The Morgan fingerprint density at radius 3 is 3.00 bits per heavy atom. The summed E-state index contributed by atoms with van der Waals surface area (Å²) in [6.45, 7) is 5.54. The van der Waals surface area contributed by atoms with Gasteiger partial charge in [0.2, 0.25) is 0 Å². The van der Waals surface area contributed by atoms with E-state index in [1.165, 1.54) is 47.3 Å². The van der Waals surface area contributed by atoms with Crippen LogP contribution in [0.2, 0.25) is 0 Å². The van der Waals surface area contributed by atoms with Crippen molar-refractivity contribution in [1.29, 1.82) is 0 Å². The van der Waals surface area contributed by atoms with Gasteiger partial charge in [0.1, 0.15) is 0 Å². The van der Waals surface area contributed by atoms with Crippen LogP contribution in [0.4, 0.5) is 0 Å². The van der Waals surface area contributed by atoms with E-state index in [1.54, 1.807) is 11.3 Å². The third kappa shape index (κ3) is 3.17. The smallest absolute Gasteiger partial charge is 0.0568 e. The Bertz CT molecular complexity index is 791. The number of nitrogens with zero attached hydrogens (tertiary/aromatic N) is 2. The summed E-state index contributed by atoms with van der Waals surface area (Å²) in [4.78, 5) is 2.58. The van der Waals surface area contributed by atoms with Crippen LogP contribution in [0.15, 0.2) is 47.3 Å². The number of aryl methyl sites for hydroxylation is 1. The van der Waals surface area contributed by atoms with Gasteiger partial charge in [0, 0.05) is 30.3 Å². The van der Waals surface area contributed by atoms with Gasteiger partial charge in [-0.1, -0.05) is 24.3 Å². The summed E-state index contributed by atoms with van der Waals surface area (Å²) in [5.41, 5.74) is 6.63. The van der Waals surface area contributed by atoms with Gasteiger partial charge in [-0.25, -0.2) is 0 Å². The number of hydrogen-bond acceptors (Lipinski definition) is 3. The van der Waals surface area contributed by atoms with Crippen molar-refractivity contribution in [3.63, 3.8) is 0 Å². The van der Waals surface area contributed by atoms with Gasteiger partial charge in [0.05, 0.1) is 6.20 Å². The standard InChI is InChI=1S/C20H23N3S/c1-15-5-2-3-7-18(15)19-11-21-22-20(19)17-6-4-9-23(13-17)12-16-8-10-24-14-16/h2-3,5,7-8,10-11,14,17H,4,6,9,12-13H2,1H3,(H,21,22)/t17-/m1/s1. The van der Waals surface area contributed by atoms with E-state index in [9.17, 15) is 0 Å². The third-order valence-corrected chi connectivity index (χ3v) is 5.74. The summed E-state index contributed by atoms with van der Waals surface area (Å²) in [5, 5.41) is 12.1. The van der Waals surface area contributed by atoms with Gasteiger partial charge in [0.15, 0.2) is 0 Å². The summed E-state index contributed by atoms with van der Waals surface area (Å²) in [6, 6.07) is 10.8. The van der Waals surface area contributed by atoms with E-state index in [1.807, 2.05) is 6.20 Å². The average molecular weight is 337 g/mol. The molecule has 0 aliphatic carbocycles. The van der Waals surface area contributed by atoms with Crippen LogP contribution < -0.4 is 0 Å². The molecule has 24 heavy (non-hydrogen) atoms. The van der Waals surface area contributed by atoms with E-state index < -0.39 is 0 Å². The molecule has 0 unspecified atom stereocenters. The summed E-state index contributed by atoms with van der Waals surface area (Å²) in [7, 11) is 0. The van der Waals surface area contributed by atoms with Crippen LogP contribution >= 0.6 is 11.3 Å². The molecular formula is C20H23N3S. The van der Waals surface area contributed by atoms with Crippen molar-refractivity contribution in [2.24, 2.45) is 0 Å². The minimum Gasteiger partial charge on any atom is -0.298 e. The molecule has 0 bridgehead atoms. The molecule has 0 amide bonds. The lowest BCUT2D eigenvalue weighted by molar-refractivity contribution is 0.199. The van der Waals surface area contributed by atoms with Gasteiger partial charge in [-0.3, -0.25) is 10.00 Å². The first-order chi connectivity index (χ1) is 11.8. The lowest BCUT2D eigenvalue weighted by Gasteiger charge is -2.32. The minimum atomic E-state index is 0.537. The summed E-state index contributed by atoms with van der Waals surface area (Å²) in [5.74, 6) is 0.537. The first kappa shape index (κ1) is 15.6. The Morgan fingerprint density at radius 2 is 2.17 bits per heavy atom. The van der Waals surface area contributed by atoms with Crippen molar-refractivity contribution in [3.05, 3.63) is 64.1 Å². The third-order valence-electron chi connectivity index (χ3n) is 5.00. The molecule has 4 rings (SSSR count). The molecule has 1 aliphatic heterocycles. The zero-order valence-corrected chi connectivity index (χ0v) is 14.9. The molecule has 1 aliphatic rings. The highest BCUT2D eigenvalue weighted by atomic mass is 32.1. The second-order valence-electron chi connectivity index (χ2n) is 6.72. The predicted molar refractivity (Wildman–Crippen MR) is 100 cm³/mol. The molecular weight excluding hydrogens is 314 g/mol. The molecule has 0 radical (unpaired) electrons. The van der Waals surface area contributed by atoms with Crippen molar-refractivity contribution >= 4 is 11.3 Å². The Morgan fingerprint density at radius 1 is 1.25 bits per heavy atom. The van der Waals surface area contributed by atoms with Gasteiger partial charge in [-0.2, -0.15) is 16.4 Å². The first-order valence-electron chi connectivity index (χ1n) is 8.64. The van der Waals surface area contributed by atoms with Crippen LogP contribution in [0.1, 0.15) is 35.6 Å². The molecule has 2 aromatic heterocycles. The molecule has 0 saturated carbocycles. The van der Waals surface area contributed by atoms with Crippen LogP contribution in [0.3, 0.4) is 0 Å². The largest absolute Gasteiger partial charge is 0.298 e. The topological polar surface area (TPSA) is 31.9 Å². The summed E-state index contributed by atoms with van der Waals surface area (Å²) in [6.07, 6.45) is 4.48. The minimum absolute atomic E-state index is 0.537. The fourth-order valence-electron chi connectivity index (χ4n) is 3.77. The van der Waals surface area contributed by atoms with Crippen LogP contribution in [-0.4, -0.2) is 28.2 Å². The van der Waals surface area contributed by atoms with Crippen molar-refractivity contribution in [1.82, 2.24) is 15.1 Å². The number of H-pyrrole nitrogens is 1. The zero-order chi connectivity index (χ0) is 16.4. The maximum absolute atomic E-state index is 4.37. The molecule has 1 fully saturated rings. The highest BCUT2D eigenvalue weighted by Crippen LogP contribution is 2.34. The van der Waals surface area contributed by atoms with Gasteiger partial charge in [-0.15, -0.1) is 0 Å². The van der Waals surface area contributed by atoms with Gasteiger partial charge < -0.3 is 0 Å². The van der Waals surface area contributed by atoms with E-state index in [0.717, 1.165) is 13.1 Å². The number of rotatable bonds is 4. The summed E-state index contributed by atoms with van der Waals surface area (Å²) < 4.78 is 0. The lowest BCUT2D eigenvalue weighted by Crippen LogP contribution is -2.34. The maximum atomic E-state index is 4.37. The molecule has 4 heteroatoms. The zero-order valence-electron chi connectivity index (χ0n) is 14.0. The molecule has 3 heterocycles. The maximum Gasteiger partial charge on any atom is 0.0568 e. The van der Waals surface area contributed by atoms with Crippen molar-refractivity contribution < 1.29 is 0 Å². The molecule has 0 spiro atoms. The number of piperidine rings is 1. The SMILES string of the molecule is Cc1ccccc1-c1cn[nH]c1[C@@H]1CCCN(Cc2ccsc2)C1. The van der Waals surface area contributed by atoms with Crippen LogP contribution in [0, 0.1) is 6.92 Å². The number of benzene rings is 1. The molecule has 1 aromatic carbocycles. The highest BCUT2D eigenvalue weighted by molar-refractivity contribution is 7.07. The van der Waals surface area contributed by atoms with Crippen LogP contribution in [-0.2, 0) is 6.54 Å². The summed E-state index contributed by atoms with van der Waals surface area (Å²) >= 11 is 1.79. The van der Waals surface area contributed by atoms with Gasteiger partial charge >= 0.3 is 0 Å². The number of likely N-dealkylation sites (tertiary alicyclic amines) is 1. The Hall–Kier alpha value is -1.91. The number of nitrogens with one attached hydrogen (secondary N) is 1. The fraction of sp³-hybridized carbons (Fsp3) is 0.350. The van der Waals surface area contributed by atoms with Crippen LogP contribution in [0.25, 0.3) is 11.1 Å². The normalized spacial score (nSPS) is 18.8. The number of aromatic nitrogens is 2. The monoisotopic (exact) mass is 337 g/mol. The van der Waals surface area contributed by atoms with Crippen LogP contribution in [0.5, 0.6) is 0 Å². The van der Waals surface area contributed by atoms with E-state index >= 15 is 0 Å². The molecule has 124 valence electrons. The number of aromatic amines is 1. The Kier molecular flexibility index (Phi) is 4.50. The quantitative estimate of drug-likeness (QED) is 0.740. The van der Waals surface area contributed by atoms with E-state index in [4.69, 9.17) is 0 Å². The van der Waals surface area contributed by atoms with Gasteiger partial charge in [0.25, 0.3) is 0 Å². The molecule has 3 aromatic rings. The highest BCUT2D eigenvalue weighted by Gasteiger charge is 2.25. The Balaban J connectivity index is 1.56. The predicted octanol–water partition coefficient (Wildman–Crippen LogP) is 4.83. The number of thiophene rings is 1. The van der Waals surface area contributed by atoms with Crippen molar-refractivity contribution in [3.8, 4) is 11.1 Å². The second-order valence-corrected chi connectivity index (χ2v) is 7.50. The van der Waals surface area contributed by atoms with Crippen molar-refractivity contribution in [2.75, 3.05) is 13.1 Å². The number of hydrogen-bond donors (Lipinski definition) is 1. The van der Waals surface area contributed by atoms with Crippen molar-refractivity contribution in [2.45, 2.75) is 32.2 Å². The molecule has 3 nitrogen and oxygen atoms in total. The molecule has 1 atom stereocenters. The Labute approximate surface area is 147 Å². The fourth-order valence-corrected chi connectivity index (χ4v) is 4.43. The first-order valence-corrected chi connectivity index (χ1v) is 9.58. The molecule has 1 N–H and O–H groups in total.